The van der Waals surface area contributed by atoms with Gasteiger partial charge in [0.2, 0.25) is 0 Å². The summed E-state index contributed by atoms with van der Waals surface area (Å²) in [6.07, 6.45) is 1.81. The van der Waals surface area contributed by atoms with Gasteiger partial charge in [0, 0.05) is 25.3 Å². The van der Waals surface area contributed by atoms with Crippen LogP contribution in [0.25, 0.3) is 0 Å². The third-order valence-electron chi connectivity index (χ3n) is 2.89. The van der Waals surface area contributed by atoms with Crippen molar-refractivity contribution in [1.29, 1.82) is 0 Å². The van der Waals surface area contributed by atoms with Gasteiger partial charge in [0.1, 0.15) is 5.82 Å². The fourth-order valence-electron chi connectivity index (χ4n) is 1.82. The van der Waals surface area contributed by atoms with Gasteiger partial charge in [0.15, 0.2) is 0 Å². The molecule has 0 saturated carbocycles. The minimum Gasteiger partial charge on any atom is -0.307 e. The lowest BCUT2D eigenvalue weighted by molar-refractivity contribution is 0.270. The highest BCUT2D eigenvalue weighted by Gasteiger charge is 2.06. The van der Waals surface area contributed by atoms with Crippen molar-refractivity contribution >= 4 is 0 Å². The van der Waals surface area contributed by atoms with Crippen molar-refractivity contribution in [3.8, 4) is 0 Å². The molecule has 0 aliphatic carbocycles. The second kappa shape index (κ2) is 7.35. The predicted octanol–water partition coefficient (Wildman–Crippen LogP) is 1.60. The van der Waals surface area contributed by atoms with E-state index in [4.69, 9.17) is 0 Å². The van der Waals surface area contributed by atoms with E-state index < -0.39 is 0 Å². The highest BCUT2D eigenvalue weighted by molar-refractivity contribution is 5.01. The summed E-state index contributed by atoms with van der Waals surface area (Å²) in [4.78, 5) is 10.9. The fourth-order valence-corrected chi connectivity index (χ4v) is 1.82. The van der Waals surface area contributed by atoms with E-state index in [0.717, 1.165) is 37.7 Å². The van der Waals surface area contributed by atoms with E-state index in [1.807, 2.05) is 19.2 Å². The summed E-state index contributed by atoms with van der Waals surface area (Å²) in [6, 6.07) is 2.44. The molecule has 1 aromatic heterocycles. The van der Waals surface area contributed by atoms with Crippen molar-refractivity contribution in [3.63, 3.8) is 0 Å². The number of rotatable bonds is 7. The molecular formula is C13H24N4. The van der Waals surface area contributed by atoms with E-state index >= 15 is 0 Å². The average molecular weight is 236 g/mol. The quantitative estimate of drug-likeness (QED) is 0.781. The molecule has 4 heteroatoms. The number of aromatic nitrogens is 2. The Hall–Kier alpha value is -1.00. The molecule has 17 heavy (non-hydrogen) atoms. The molecule has 1 atom stereocenters. The van der Waals surface area contributed by atoms with Crippen LogP contribution < -0.4 is 5.32 Å². The maximum atomic E-state index is 4.38. The lowest BCUT2D eigenvalue weighted by atomic mass is 10.3. The maximum absolute atomic E-state index is 4.38. The van der Waals surface area contributed by atoms with Crippen LogP contribution in [0.5, 0.6) is 0 Å². The molecule has 0 aromatic carbocycles. The minimum atomic E-state index is 0.477. The predicted molar refractivity (Wildman–Crippen MR) is 70.9 cm³/mol. The average Bonchev–Trinajstić information content (AvgIpc) is 2.33. The SMILES string of the molecule is CCN(CC)CC(C)NCc1ccnc(C)n1. The molecule has 0 bridgehead atoms. The number of hydrogen-bond acceptors (Lipinski definition) is 4. The zero-order valence-corrected chi connectivity index (χ0v) is 11.4. The molecule has 1 aromatic rings. The number of likely N-dealkylation sites (N-methyl/N-ethyl adjacent to an activating group) is 1. The topological polar surface area (TPSA) is 41.0 Å². The molecule has 1 heterocycles. The normalized spacial score (nSPS) is 13.0. The van der Waals surface area contributed by atoms with E-state index in [9.17, 15) is 0 Å². The summed E-state index contributed by atoms with van der Waals surface area (Å²) in [5.41, 5.74) is 1.06. The Morgan fingerprint density at radius 2 is 2.06 bits per heavy atom. The molecule has 0 fully saturated rings. The van der Waals surface area contributed by atoms with Gasteiger partial charge in [-0.15, -0.1) is 0 Å². The van der Waals surface area contributed by atoms with Gasteiger partial charge in [-0.2, -0.15) is 0 Å². The lowest BCUT2D eigenvalue weighted by Gasteiger charge is -2.23. The maximum Gasteiger partial charge on any atom is 0.125 e. The third-order valence-corrected chi connectivity index (χ3v) is 2.89. The molecule has 1 rings (SSSR count). The van der Waals surface area contributed by atoms with Crippen molar-refractivity contribution < 1.29 is 0 Å². The van der Waals surface area contributed by atoms with Crippen LogP contribution in [0, 0.1) is 6.92 Å². The Morgan fingerprint density at radius 1 is 1.35 bits per heavy atom. The summed E-state index contributed by atoms with van der Waals surface area (Å²) in [7, 11) is 0. The third kappa shape index (κ3) is 5.24. The van der Waals surface area contributed by atoms with Crippen LogP contribution in [0.15, 0.2) is 12.3 Å². The first-order valence-electron chi connectivity index (χ1n) is 6.40. The second-order valence-corrected chi connectivity index (χ2v) is 4.36. The van der Waals surface area contributed by atoms with Crippen molar-refractivity contribution in [3.05, 3.63) is 23.8 Å². The van der Waals surface area contributed by atoms with Crippen LogP contribution in [0.1, 0.15) is 32.3 Å². The van der Waals surface area contributed by atoms with Gasteiger partial charge >= 0.3 is 0 Å². The van der Waals surface area contributed by atoms with Crippen LogP contribution in [0.4, 0.5) is 0 Å². The van der Waals surface area contributed by atoms with Crippen LogP contribution in [0.3, 0.4) is 0 Å². The van der Waals surface area contributed by atoms with E-state index in [-0.39, 0.29) is 0 Å². The number of nitrogens with zero attached hydrogens (tertiary/aromatic N) is 3. The first-order chi connectivity index (χ1) is 8.15. The van der Waals surface area contributed by atoms with Gasteiger partial charge in [-0.3, -0.25) is 0 Å². The molecule has 96 valence electrons. The smallest absolute Gasteiger partial charge is 0.125 e. The highest BCUT2D eigenvalue weighted by atomic mass is 15.1. The van der Waals surface area contributed by atoms with Gasteiger partial charge in [0.25, 0.3) is 0 Å². The Balaban J connectivity index is 2.35. The molecule has 0 spiro atoms. The van der Waals surface area contributed by atoms with Crippen LogP contribution in [-0.2, 0) is 6.54 Å². The number of hydrogen-bond donors (Lipinski definition) is 1. The molecule has 4 nitrogen and oxygen atoms in total. The molecule has 0 aliphatic heterocycles. The standard InChI is InChI=1S/C13H24N4/c1-5-17(6-2)10-11(3)15-9-13-7-8-14-12(4)16-13/h7-8,11,15H,5-6,9-10H2,1-4H3. The Kier molecular flexibility index (Phi) is 6.08. The molecule has 1 N–H and O–H groups in total. The zero-order valence-electron chi connectivity index (χ0n) is 11.4. The first-order valence-corrected chi connectivity index (χ1v) is 6.40. The van der Waals surface area contributed by atoms with E-state index in [0.29, 0.717) is 6.04 Å². The van der Waals surface area contributed by atoms with Gasteiger partial charge in [-0.05, 0) is 33.0 Å². The highest BCUT2D eigenvalue weighted by Crippen LogP contribution is 1.97. The van der Waals surface area contributed by atoms with Crippen LogP contribution >= 0.6 is 0 Å². The zero-order chi connectivity index (χ0) is 12.7. The molecule has 0 saturated heterocycles. The van der Waals surface area contributed by atoms with Crippen molar-refractivity contribution in [2.24, 2.45) is 0 Å². The summed E-state index contributed by atoms with van der Waals surface area (Å²) >= 11 is 0. The molecule has 1 unspecified atom stereocenters. The largest absolute Gasteiger partial charge is 0.307 e. The van der Waals surface area contributed by atoms with Gasteiger partial charge in [0.05, 0.1) is 5.69 Å². The van der Waals surface area contributed by atoms with E-state index in [2.05, 4.69) is 41.0 Å². The van der Waals surface area contributed by atoms with Gasteiger partial charge in [-0.25, -0.2) is 9.97 Å². The fraction of sp³-hybridized carbons (Fsp3) is 0.692. The summed E-state index contributed by atoms with van der Waals surface area (Å²) in [5.74, 6) is 0.834. The Labute approximate surface area is 104 Å². The molecule has 0 aliphatic rings. The van der Waals surface area contributed by atoms with E-state index in [1.165, 1.54) is 0 Å². The lowest BCUT2D eigenvalue weighted by Crippen LogP contribution is -2.38. The van der Waals surface area contributed by atoms with Gasteiger partial charge < -0.3 is 10.2 Å². The van der Waals surface area contributed by atoms with E-state index in [1.54, 1.807) is 0 Å². The van der Waals surface area contributed by atoms with Crippen LogP contribution in [0.2, 0.25) is 0 Å². The molecular weight excluding hydrogens is 212 g/mol. The summed E-state index contributed by atoms with van der Waals surface area (Å²) in [5, 5.41) is 3.49. The molecule has 0 amide bonds. The summed E-state index contributed by atoms with van der Waals surface area (Å²) in [6.45, 7) is 12.6. The van der Waals surface area contributed by atoms with Crippen LogP contribution in [-0.4, -0.2) is 40.5 Å². The van der Waals surface area contributed by atoms with Crippen molar-refractivity contribution in [1.82, 2.24) is 20.2 Å². The Morgan fingerprint density at radius 3 is 2.65 bits per heavy atom. The first kappa shape index (κ1) is 14.1. The number of nitrogens with one attached hydrogen (secondary N) is 1. The monoisotopic (exact) mass is 236 g/mol. The second-order valence-electron chi connectivity index (χ2n) is 4.36. The number of aryl methyl sites for hydroxylation is 1. The summed E-state index contributed by atoms with van der Waals surface area (Å²) < 4.78 is 0. The minimum absolute atomic E-state index is 0.477. The van der Waals surface area contributed by atoms with Crippen molar-refractivity contribution in [2.45, 2.75) is 40.3 Å². The Bertz CT molecular complexity index is 323. The molecule has 0 radical (unpaired) electrons. The van der Waals surface area contributed by atoms with Gasteiger partial charge in [-0.1, -0.05) is 13.8 Å². The van der Waals surface area contributed by atoms with Crippen molar-refractivity contribution in [2.75, 3.05) is 19.6 Å².